The molecule has 122 valence electrons. The number of nitrogens with zero attached hydrogens (tertiary/aromatic N) is 2. The molecule has 1 aliphatic heterocycles. The zero-order chi connectivity index (χ0) is 16.2. The van der Waals surface area contributed by atoms with E-state index in [4.69, 9.17) is 10.5 Å². The predicted octanol–water partition coefficient (Wildman–Crippen LogP) is 3.01. The number of benzene rings is 1. The third kappa shape index (κ3) is 3.53. The number of aryl methyl sites for hydroxylation is 1. The highest BCUT2D eigenvalue weighted by molar-refractivity contribution is 5.78. The topological polar surface area (TPSA) is 85.1 Å². The Morgan fingerprint density at radius 2 is 2.09 bits per heavy atom. The lowest BCUT2D eigenvalue weighted by Crippen LogP contribution is -2.20. The van der Waals surface area contributed by atoms with Gasteiger partial charge in [-0.2, -0.15) is 0 Å². The Hall–Kier alpha value is -2.34. The average Bonchev–Trinajstić information content (AvgIpc) is 3.06. The fourth-order valence-corrected chi connectivity index (χ4v) is 2.67. The van der Waals surface area contributed by atoms with Crippen molar-refractivity contribution in [1.29, 1.82) is 0 Å². The van der Waals surface area contributed by atoms with Crippen molar-refractivity contribution in [3.05, 3.63) is 35.7 Å². The average molecular weight is 313 g/mol. The summed E-state index contributed by atoms with van der Waals surface area (Å²) >= 11 is 0. The Morgan fingerprint density at radius 1 is 1.26 bits per heavy atom. The molecular weight excluding hydrogens is 290 g/mol. The summed E-state index contributed by atoms with van der Waals surface area (Å²) in [5, 5.41) is 6.57. The first-order valence-corrected chi connectivity index (χ1v) is 7.94. The van der Waals surface area contributed by atoms with E-state index in [1.807, 2.05) is 12.1 Å². The van der Waals surface area contributed by atoms with Crippen LogP contribution < -0.4 is 16.4 Å². The van der Waals surface area contributed by atoms with Crippen LogP contribution >= 0.6 is 0 Å². The van der Waals surface area contributed by atoms with Gasteiger partial charge in [-0.25, -0.2) is 9.97 Å². The number of ether oxygens (including phenoxy) is 1. The zero-order valence-electron chi connectivity index (χ0n) is 13.6. The van der Waals surface area contributed by atoms with E-state index in [-0.39, 0.29) is 6.10 Å². The second kappa shape index (κ2) is 6.83. The molecule has 1 fully saturated rings. The quantitative estimate of drug-likeness (QED) is 0.787. The van der Waals surface area contributed by atoms with Crippen molar-refractivity contribution in [2.24, 2.45) is 0 Å². The van der Waals surface area contributed by atoms with Crippen molar-refractivity contribution in [3.8, 4) is 0 Å². The summed E-state index contributed by atoms with van der Waals surface area (Å²) in [6.45, 7) is 5.71. The molecule has 3 rings (SSSR count). The summed E-state index contributed by atoms with van der Waals surface area (Å²) in [7, 11) is 0. The molecule has 23 heavy (non-hydrogen) atoms. The van der Waals surface area contributed by atoms with Crippen LogP contribution in [0.25, 0.3) is 0 Å². The zero-order valence-corrected chi connectivity index (χ0v) is 13.6. The Morgan fingerprint density at radius 3 is 2.87 bits per heavy atom. The number of nitrogens with one attached hydrogen (secondary N) is 2. The lowest BCUT2D eigenvalue weighted by Gasteiger charge is -2.16. The normalized spacial score (nSPS) is 17.2. The van der Waals surface area contributed by atoms with Crippen molar-refractivity contribution in [2.75, 3.05) is 29.5 Å². The van der Waals surface area contributed by atoms with Gasteiger partial charge in [-0.05, 0) is 43.9 Å². The molecule has 0 amide bonds. The number of hydrogen-bond donors (Lipinski definition) is 3. The smallest absolute Gasteiger partial charge is 0.159 e. The maximum atomic E-state index is 6.21. The Bertz CT molecular complexity index is 683. The molecule has 2 aromatic rings. The molecule has 2 heterocycles. The first-order valence-electron chi connectivity index (χ1n) is 7.94. The van der Waals surface area contributed by atoms with Gasteiger partial charge in [-0.15, -0.1) is 0 Å². The number of nitrogen functional groups attached to an aromatic ring is 1. The van der Waals surface area contributed by atoms with E-state index >= 15 is 0 Å². The molecule has 1 aliphatic rings. The van der Waals surface area contributed by atoms with E-state index < -0.39 is 0 Å². The first-order chi connectivity index (χ1) is 11.1. The van der Waals surface area contributed by atoms with Crippen molar-refractivity contribution in [3.63, 3.8) is 0 Å². The van der Waals surface area contributed by atoms with Crippen molar-refractivity contribution in [2.45, 2.75) is 32.8 Å². The highest BCUT2D eigenvalue weighted by atomic mass is 16.5. The fraction of sp³-hybridized carbons (Fsp3) is 0.412. The monoisotopic (exact) mass is 313 g/mol. The van der Waals surface area contributed by atoms with Crippen LogP contribution in [0.3, 0.4) is 0 Å². The summed E-state index contributed by atoms with van der Waals surface area (Å²) in [6, 6.07) is 6.11. The van der Waals surface area contributed by atoms with Gasteiger partial charge in [0.25, 0.3) is 0 Å². The first kappa shape index (κ1) is 15.6. The van der Waals surface area contributed by atoms with Gasteiger partial charge in [-0.1, -0.05) is 12.1 Å². The number of anilines is 4. The second-order valence-electron chi connectivity index (χ2n) is 5.87. The van der Waals surface area contributed by atoms with Crippen LogP contribution in [0.1, 0.15) is 24.0 Å². The van der Waals surface area contributed by atoms with Crippen LogP contribution in [0.15, 0.2) is 24.5 Å². The molecule has 1 aromatic heterocycles. The highest BCUT2D eigenvalue weighted by Gasteiger charge is 2.16. The Kier molecular flexibility index (Phi) is 4.62. The van der Waals surface area contributed by atoms with E-state index in [9.17, 15) is 0 Å². The Balaban J connectivity index is 1.75. The van der Waals surface area contributed by atoms with Gasteiger partial charge in [0.15, 0.2) is 11.6 Å². The molecule has 0 radical (unpaired) electrons. The summed E-state index contributed by atoms with van der Waals surface area (Å²) in [6.07, 6.45) is 3.94. The largest absolute Gasteiger partial charge is 0.393 e. The Labute approximate surface area is 136 Å². The molecule has 0 bridgehead atoms. The van der Waals surface area contributed by atoms with Crippen LogP contribution in [0, 0.1) is 13.8 Å². The lowest BCUT2D eigenvalue weighted by molar-refractivity contribution is 0.120. The van der Waals surface area contributed by atoms with Gasteiger partial charge in [-0.3, -0.25) is 0 Å². The summed E-state index contributed by atoms with van der Waals surface area (Å²) in [4.78, 5) is 8.51. The second-order valence-corrected chi connectivity index (χ2v) is 5.87. The molecular formula is C17H23N5O. The fourth-order valence-electron chi connectivity index (χ4n) is 2.67. The van der Waals surface area contributed by atoms with Crippen molar-refractivity contribution >= 4 is 23.0 Å². The summed E-state index contributed by atoms with van der Waals surface area (Å²) in [5.41, 5.74) is 10.1. The standard InChI is InChI=1S/C17H23N5O/c1-11-5-3-7-14(12(11)2)22-17-15(18)16(20-10-21-17)19-9-13-6-4-8-23-13/h3,5,7,10,13H,4,6,8-9,18H2,1-2H3,(H2,19,20,21,22). The number of hydrogen-bond acceptors (Lipinski definition) is 6. The molecule has 0 spiro atoms. The minimum absolute atomic E-state index is 0.236. The van der Waals surface area contributed by atoms with Gasteiger partial charge in [0, 0.05) is 18.8 Å². The van der Waals surface area contributed by atoms with Gasteiger partial charge >= 0.3 is 0 Å². The molecule has 1 atom stereocenters. The minimum Gasteiger partial charge on any atom is -0.393 e. The maximum absolute atomic E-state index is 6.21. The molecule has 6 heteroatoms. The third-order valence-electron chi connectivity index (χ3n) is 4.26. The van der Waals surface area contributed by atoms with E-state index in [0.717, 1.165) is 25.1 Å². The van der Waals surface area contributed by atoms with Crippen LogP contribution in [0.4, 0.5) is 23.0 Å². The van der Waals surface area contributed by atoms with Crippen LogP contribution in [0.2, 0.25) is 0 Å². The van der Waals surface area contributed by atoms with Gasteiger partial charge in [0.1, 0.15) is 12.0 Å². The SMILES string of the molecule is Cc1cccc(Nc2ncnc(NCC3CCCO3)c2N)c1C. The van der Waals surface area contributed by atoms with E-state index in [1.165, 1.54) is 17.5 Å². The maximum Gasteiger partial charge on any atom is 0.159 e. The number of rotatable bonds is 5. The van der Waals surface area contributed by atoms with Crippen LogP contribution in [-0.2, 0) is 4.74 Å². The van der Waals surface area contributed by atoms with Crippen LogP contribution in [0.5, 0.6) is 0 Å². The molecule has 1 aromatic carbocycles. The highest BCUT2D eigenvalue weighted by Crippen LogP contribution is 2.28. The lowest BCUT2D eigenvalue weighted by atomic mass is 10.1. The van der Waals surface area contributed by atoms with Gasteiger partial charge in [0.2, 0.25) is 0 Å². The van der Waals surface area contributed by atoms with Crippen molar-refractivity contribution < 1.29 is 4.74 Å². The van der Waals surface area contributed by atoms with Gasteiger partial charge < -0.3 is 21.1 Å². The summed E-state index contributed by atoms with van der Waals surface area (Å²) in [5.74, 6) is 1.26. The van der Waals surface area contributed by atoms with E-state index in [2.05, 4.69) is 40.5 Å². The summed E-state index contributed by atoms with van der Waals surface area (Å²) < 4.78 is 5.61. The predicted molar refractivity (Wildman–Crippen MR) is 93.1 cm³/mol. The number of aromatic nitrogens is 2. The third-order valence-corrected chi connectivity index (χ3v) is 4.26. The molecule has 1 saturated heterocycles. The van der Waals surface area contributed by atoms with Crippen molar-refractivity contribution in [1.82, 2.24) is 9.97 Å². The van der Waals surface area contributed by atoms with Gasteiger partial charge in [0.05, 0.1) is 6.10 Å². The molecule has 4 N–H and O–H groups in total. The molecule has 0 aliphatic carbocycles. The molecule has 6 nitrogen and oxygen atoms in total. The van der Waals surface area contributed by atoms with E-state index in [1.54, 1.807) is 0 Å². The molecule has 1 unspecified atom stereocenters. The van der Waals surface area contributed by atoms with E-state index in [0.29, 0.717) is 23.9 Å². The number of nitrogens with two attached hydrogens (primary N) is 1. The minimum atomic E-state index is 0.236. The van der Waals surface area contributed by atoms with Crippen LogP contribution in [-0.4, -0.2) is 29.2 Å². The molecule has 0 saturated carbocycles.